The summed E-state index contributed by atoms with van der Waals surface area (Å²) >= 11 is 0. The summed E-state index contributed by atoms with van der Waals surface area (Å²) in [4.78, 5) is 20.8. The van der Waals surface area contributed by atoms with Crippen LogP contribution in [0.3, 0.4) is 0 Å². The maximum atomic E-state index is 12.0. The van der Waals surface area contributed by atoms with Gasteiger partial charge in [0, 0.05) is 0 Å². The molecule has 0 saturated heterocycles. The van der Waals surface area contributed by atoms with Crippen LogP contribution in [0.5, 0.6) is 0 Å². The van der Waals surface area contributed by atoms with Gasteiger partial charge in [0.25, 0.3) is 0 Å². The van der Waals surface area contributed by atoms with Gasteiger partial charge >= 0.3 is 5.97 Å². The Morgan fingerprint density at radius 1 is 0.886 bits per heavy atom. The van der Waals surface area contributed by atoms with E-state index < -0.39 is 0 Å². The number of carbonyl (C=O) groups is 2. The number of benzene rings is 1. The first-order valence-corrected chi connectivity index (χ1v) is 17.4. The molecular formula is C41H58O3. The Labute approximate surface area is 268 Å². The highest BCUT2D eigenvalue weighted by Gasteiger charge is 2.66. The summed E-state index contributed by atoms with van der Waals surface area (Å²) in [5, 5.41) is 0. The Morgan fingerprint density at radius 3 is 2.11 bits per heavy atom. The summed E-state index contributed by atoms with van der Waals surface area (Å²) in [5.74, 6) is 4.36. The molecule has 6 rings (SSSR count). The average molecular weight is 599 g/mol. The fraction of sp³-hybridized carbons (Fsp3) is 0.659. The van der Waals surface area contributed by atoms with Crippen molar-refractivity contribution in [3.8, 4) is 0 Å². The number of carbonyl (C=O) groups excluding carboxylic acids is 2. The van der Waals surface area contributed by atoms with E-state index in [1.54, 1.807) is 0 Å². The van der Waals surface area contributed by atoms with Crippen LogP contribution in [0, 0.1) is 57.2 Å². The molecule has 240 valence electrons. The second-order valence-electron chi connectivity index (χ2n) is 16.1. The SMILES string of the molecule is C=C(C)[C@@H]1CC[C@]2(/C=C/C)CC[C@]3(C)C(CC[C@H]4C3CC[C@H]3C(C)(C)C(c5ccc(C(=O)OC)cc5)=CC[C@]43C)[C@@H]12.CC=O. The minimum absolute atomic E-state index is 0.104. The molecule has 5 aliphatic carbocycles. The number of aldehydes is 1. The molecule has 1 aromatic carbocycles. The second kappa shape index (κ2) is 12.1. The van der Waals surface area contributed by atoms with Gasteiger partial charge in [0.1, 0.15) is 6.29 Å². The molecule has 2 unspecified atom stereocenters. The molecule has 3 nitrogen and oxygen atoms in total. The van der Waals surface area contributed by atoms with Gasteiger partial charge in [-0.05, 0) is 159 Å². The number of esters is 1. The van der Waals surface area contributed by atoms with Gasteiger partial charge in [-0.1, -0.05) is 70.2 Å². The zero-order chi connectivity index (χ0) is 32.1. The van der Waals surface area contributed by atoms with Crippen molar-refractivity contribution in [1.82, 2.24) is 0 Å². The van der Waals surface area contributed by atoms with Crippen molar-refractivity contribution < 1.29 is 14.3 Å². The molecule has 9 atom stereocenters. The molecule has 0 spiro atoms. The lowest BCUT2D eigenvalue weighted by atomic mass is 9.37. The van der Waals surface area contributed by atoms with Crippen molar-refractivity contribution in [2.45, 2.75) is 106 Å². The van der Waals surface area contributed by atoms with Gasteiger partial charge in [0.05, 0.1) is 12.7 Å². The van der Waals surface area contributed by atoms with E-state index in [0.29, 0.717) is 33.6 Å². The van der Waals surface area contributed by atoms with Crippen molar-refractivity contribution in [2.75, 3.05) is 7.11 Å². The number of rotatable bonds is 4. The Hall–Kier alpha value is -2.42. The van der Waals surface area contributed by atoms with Crippen molar-refractivity contribution in [2.24, 2.45) is 57.2 Å². The van der Waals surface area contributed by atoms with Crippen LogP contribution in [-0.2, 0) is 9.53 Å². The third-order valence-electron chi connectivity index (χ3n) is 14.0. The van der Waals surface area contributed by atoms with Crippen molar-refractivity contribution in [1.29, 1.82) is 0 Å². The fourth-order valence-corrected chi connectivity index (χ4v) is 12.3. The third kappa shape index (κ3) is 5.00. The first kappa shape index (κ1) is 33.0. The van der Waals surface area contributed by atoms with E-state index in [1.807, 2.05) is 12.1 Å². The number of hydrogen-bond acceptors (Lipinski definition) is 3. The average Bonchev–Trinajstić information content (AvgIpc) is 3.37. The monoisotopic (exact) mass is 598 g/mol. The number of ether oxygens (including phenoxy) is 1. The van der Waals surface area contributed by atoms with Gasteiger partial charge < -0.3 is 9.53 Å². The fourth-order valence-electron chi connectivity index (χ4n) is 12.3. The van der Waals surface area contributed by atoms with Gasteiger partial charge in [-0.2, -0.15) is 0 Å². The molecular weight excluding hydrogens is 540 g/mol. The number of methoxy groups -OCH3 is 1. The van der Waals surface area contributed by atoms with E-state index >= 15 is 0 Å². The molecule has 0 radical (unpaired) electrons. The van der Waals surface area contributed by atoms with Crippen LogP contribution >= 0.6 is 0 Å². The molecule has 3 heteroatoms. The lowest BCUT2D eigenvalue weighted by Crippen LogP contribution is -2.60. The highest BCUT2D eigenvalue weighted by molar-refractivity contribution is 5.89. The molecule has 4 saturated carbocycles. The first-order chi connectivity index (χ1) is 20.8. The molecule has 0 aromatic heterocycles. The Bertz CT molecular complexity index is 1320. The maximum absolute atomic E-state index is 12.0. The van der Waals surface area contributed by atoms with Crippen LogP contribution in [0.15, 0.2) is 54.6 Å². The van der Waals surface area contributed by atoms with E-state index in [2.05, 4.69) is 78.5 Å². The number of hydrogen-bond donors (Lipinski definition) is 0. The highest BCUT2D eigenvalue weighted by Crippen LogP contribution is 2.74. The lowest BCUT2D eigenvalue weighted by molar-refractivity contribution is -0.170. The van der Waals surface area contributed by atoms with E-state index in [1.165, 1.54) is 88.5 Å². The van der Waals surface area contributed by atoms with E-state index in [9.17, 15) is 4.79 Å². The van der Waals surface area contributed by atoms with Crippen LogP contribution in [0.2, 0.25) is 0 Å². The predicted octanol–water partition coefficient (Wildman–Crippen LogP) is 10.5. The van der Waals surface area contributed by atoms with Gasteiger partial charge in [-0.15, -0.1) is 0 Å². The summed E-state index contributed by atoms with van der Waals surface area (Å²) in [5.41, 5.74) is 6.11. The normalized spacial score (nSPS) is 40.2. The van der Waals surface area contributed by atoms with Crippen molar-refractivity contribution in [3.63, 3.8) is 0 Å². The Balaban J connectivity index is 0.00000123. The third-order valence-corrected chi connectivity index (χ3v) is 14.0. The summed E-state index contributed by atoms with van der Waals surface area (Å²) in [6.45, 7) is 21.0. The molecule has 0 N–H and O–H groups in total. The summed E-state index contributed by atoms with van der Waals surface area (Å²) < 4.78 is 4.94. The van der Waals surface area contributed by atoms with Gasteiger partial charge in [0.15, 0.2) is 0 Å². The maximum Gasteiger partial charge on any atom is 0.337 e. The van der Waals surface area contributed by atoms with E-state index in [-0.39, 0.29) is 11.4 Å². The van der Waals surface area contributed by atoms with Gasteiger partial charge in [0.2, 0.25) is 0 Å². The summed E-state index contributed by atoms with van der Waals surface area (Å²) in [6, 6.07) is 8.14. The van der Waals surface area contributed by atoms with Crippen LogP contribution < -0.4 is 0 Å². The molecule has 0 aliphatic heterocycles. The Morgan fingerprint density at radius 2 is 1.50 bits per heavy atom. The summed E-state index contributed by atoms with van der Waals surface area (Å²) in [7, 11) is 1.45. The van der Waals surface area contributed by atoms with E-state index in [4.69, 9.17) is 9.53 Å². The van der Waals surface area contributed by atoms with Gasteiger partial charge in [-0.25, -0.2) is 4.79 Å². The highest BCUT2D eigenvalue weighted by atomic mass is 16.5. The molecule has 4 fully saturated rings. The van der Waals surface area contributed by atoms with Crippen LogP contribution in [0.4, 0.5) is 0 Å². The van der Waals surface area contributed by atoms with Crippen molar-refractivity contribution >= 4 is 17.8 Å². The summed E-state index contributed by atoms with van der Waals surface area (Å²) in [6.07, 6.45) is 20.5. The Kier molecular flexibility index (Phi) is 9.04. The van der Waals surface area contributed by atoms with Crippen LogP contribution in [0.1, 0.15) is 122 Å². The first-order valence-electron chi connectivity index (χ1n) is 17.4. The minimum Gasteiger partial charge on any atom is -0.465 e. The smallest absolute Gasteiger partial charge is 0.337 e. The zero-order valence-corrected chi connectivity index (χ0v) is 28.9. The molecule has 1 aromatic rings. The quantitative estimate of drug-likeness (QED) is 0.197. The second-order valence-corrected chi connectivity index (χ2v) is 16.1. The van der Waals surface area contributed by atoms with Crippen LogP contribution in [0.25, 0.3) is 5.57 Å². The molecule has 5 aliphatic rings. The van der Waals surface area contributed by atoms with E-state index in [0.717, 1.165) is 30.0 Å². The number of allylic oxidation sites excluding steroid dienone is 5. The topological polar surface area (TPSA) is 43.4 Å². The number of fused-ring (bicyclic) bond motifs is 7. The molecule has 44 heavy (non-hydrogen) atoms. The largest absolute Gasteiger partial charge is 0.465 e. The molecule has 0 heterocycles. The van der Waals surface area contributed by atoms with Gasteiger partial charge in [-0.3, -0.25) is 0 Å². The van der Waals surface area contributed by atoms with Crippen LogP contribution in [-0.4, -0.2) is 19.4 Å². The lowest BCUT2D eigenvalue weighted by Gasteiger charge is -2.68. The zero-order valence-electron chi connectivity index (χ0n) is 28.9. The molecule has 0 bridgehead atoms. The predicted molar refractivity (Wildman–Crippen MR) is 182 cm³/mol. The van der Waals surface area contributed by atoms with Crippen molar-refractivity contribution in [3.05, 3.63) is 65.8 Å². The minimum atomic E-state index is -0.263. The molecule has 0 amide bonds. The standard InChI is InChI=1S/C39H54O2.C2H4O/c1-9-20-39-22-18-28(25(2)3)34(39)32-15-14-31-30(37(32,6)23-24-39)16-17-33-36(4,5)29(19-21-38(31,33)7)26-10-12-27(13-11-26)35(40)41-8;1-2-3/h9-13,19-20,28,30-34H,2,14-18,21-24H2,1,3-8H3;2H,1H3/b20-9+;/t28-,30?,31-,32?,33-,34+,37-,38+,39+;/m0./s1.